The second kappa shape index (κ2) is 4.87. The molecule has 96 valence electrons. The number of nitrogen functional groups attached to an aromatic ring is 1. The van der Waals surface area contributed by atoms with Crippen molar-refractivity contribution in [2.75, 3.05) is 12.0 Å². The molecule has 1 heterocycles. The molecule has 7 heteroatoms. The topological polar surface area (TPSA) is 106 Å². The van der Waals surface area contributed by atoms with Gasteiger partial charge in [-0.25, -0.2) is 13.4 Å². The zero-order chi connectivity index (χ0) is 13.2. The summed E-state index contributed by atoms with van der Waals surface area (Å²) in [4.78, 5) is 18.2. The van der Waals surface area contributed by atoms with Crippen LogP contribution in [0.15, 0.2) is 4.79 Å². The minimum absolute atomic E-state index is 0.0925. The van der Waals surface area contributed by atoms with Crippen LogP contribution in [0, 0.1) is 0 Å². The highest BCUT2D eigenvalue weighted by molar-refractivity contribution is 7.90. The van der Waals surface area contributed by atoms with Crippen molar-refractivity contribution in [1.29, 1.82) is 0 Å². The Bertz CT molecular complexity index is 563. The average Bonchev–Trinajstić information content (AvgIpc) is 2.20. The average molecular weight is 259 g/mol. The molecule has 0 spiro atoms. The highest BCUT2D eigenvalue weighted by atomic mass is 32.2. The van der Waals surface area contributed by atoms with Crippen molar-refractivity contribution in [3.63, 3.8) is 0 Å². The van der Waals surface area contributed by atoms with Crippen LogP contribution in [0.5, 0.6) is 0 Å². The first-order valence-corrected chi connectivity index (χ1v) is 7.30. The SMILES string of the molecule is CCCc1c(N)nc(C(C)S(C)(=O)=O)[nH]c1=O. The summed E-state index contributed by atoms with van der Waals surface area (Å²) in [6.07, 6.45) is 2.39. The molecule has 1 atom stereocenters. The number of aromatic amines is 1. The number of hydrogen-bond donors (Lipinski definition) is 2. The van der Waals surface area contributed by atoms with Crippen molar-refractivity contribution in [3.05, 3.63) is 21.7 Å². The Morgan fingerprint density at radius 1 is 1.47 bits per heavy atom. The molecule has 1 unspecified atom stereocenters. The Morgan fingerprint density at radius 3 is 2.47 bits per heavy atom. The molecular weight excluding hydrogens is 242 g/mol. The number of rotatable bonds is 4. The van der Waals surface area contributed by atoms with Crippen LogP contribution in [0.2, 0.25) is 0 Å². The highest BCUT2D eigenvalue weighted by Gasteiger charge is 2.21. The Labute approximate surface area is 100 Å². The monoisotopic (exact) mass is 259 g/mol. The van der Waals surface area contributed by atoms with E-state index in [-0.39, 0.29) is 17.2 Å². The van der Waals surface area contributed by atoms with E-state index in [9.17, 15) is 13.2 Å². The lowest BCUT2D eigenvalue weighted by Crippen LogP contribution is -2.23. The van der Waals surface area contributed by atoms with Gasteiger partial charge in [-0.1, -0.05) is 13.3 Å². The molecule has 0 amide bonds. The van der Waals surface area contributed by atoms with Crippen LogP contribution in [-0.4, -0.2) is 24.6 Å². The zero-order valence-electron chi connectivity index (χ0n) is 10.1. The predicted molar refractivity (Wildman–Crippen MR) is 66.5 cm³/mol. The molecule has 17 heavy (non-hydrogen) atoms. The van der Waals surface area contributed by atoms with Gasteiger partial charge < -0.3 is 10.7 Å². The number of hydrogen-bond acceptors (Lipinski definition) is 5. The standard InChI is InChI=1S/C10H17N3O3S/c1-4-5-7-8(11)12-9(13-10(7)14)6(2)17(3,15)16/h6H,4-5H2,1-3H3,(H3,11,12,13,14). The third-order valence-electron chi connectivity index (χ3n) is 2.59. The van der Waals surface area contributed by atoms with Crippen molar-refractivity contribution >= 4 is 15.7 Å². The van der Waals surface area contributed by atoms with Crippen molar-refractivity contribution in [2.45, 2.75) is 31.9 Å². The fourth-order valence-corrected chi connectivity index (χ4v) is 1.94. The number of nitrogens with one attached hydrogen (secondary N) is 1. The van der Waals surface area contributed by atoms with Crippen LogP contribution in [0.4, 0.5) is 5.82 Å². The summed E-state index contributed by atoms with van der Waals surface area (Å²) in [5.74, 6) is 0.205. The molecule has 1 rings (SSSR count). The lowest BCUT2D eigenvalue weighted by Gasteiger charge is -2.10. The van der Waals surface area contributed by atoms with Crippen molar-refractivity contribution in [3.8, 4) is 0 Å². The fourth-order valence-electron chi connectivity index (χ4n) is 1.42. The van der Waals surface area contributed by atoms with E-state index < -0.39 is 15.1 Å². The molecule has 0 saturated carbocycles. The molecular formula is C10H17N3O3S. The summed E-state index contributed by atoms with van der Waals surface area (Å²) in [6, 6.07) is 0. The van der Waals surface area contributed by atoms with Gasteiger partial charge in [-0.3, -0.25) is 4.79 Å². The minimum atomic E-state index is -3.30. The first-order valence-electron chi connectivity index (χ1n) is 5.34. The van der Waals surface area contributed by atoms with Gasteiger partial charge in [0.25, 0.3) is 5.56 Å². The van der Waals surface area contributed by atoms with Gasteiger partial charge >= 0.3 is 0 Å². The van der Waals surface area contributed by atoms with Gasteiger partial charge in [0.1, 0.15) is 16.9 Å². The molecule has 3 N–H and O–H groups in total. The van der Waals surface area contributed by atoms with Crippen LogP contribution >= 0.6 is 0 Å². The largest absolute Gasteiger partial charge is 0.383 e. The molecule has 0 fully saturated rings. The lowest BCUT2D eigenvalue weighted by atomic mass is 10.2. The van der Waals surface area contributed by atoms with Crippen molar-refractivity contribution in [1.82, 2.24) is 9.97 Å². The maximum atomic E-state index is 11.7. The Balaban J connectivity index is 3.29. The first kappa shape index (κ1) is 13.7. The van der Waals surface area contributed by atoms with E-state index in [2.05, 4.69) is 9.97 Å². The van der Waals surface area contributed by atoms with E-state index >= 15 is 0 Å². The smallest absolute Gasteiger partial charge is 0.256 e. The van der Waals surface area contributed by atoms with Gasteiger partial charge in [0.05, 0.1) is 5.56 Å². The summed E-state index contributed by atoms with van der Waals surface area (Å²) < 4.78 is 22.7. The maximum absolute atomic E-state index is 11.7. The van der Waals surface area contributed by atoms with Crippen LogP contribution in [0.3, 0.4) is 0 Å². The Morgan fingerprint density at radius 2 is 2.06 bits per heavy atom. The molecule has 0 aliphatic heterocycles. The van der Waals surface area contributed by atoms with Crippen LogP contribution in [0.1, 0.15) is 36.9 Å². The normalized spacial score (nSPS) is 13.6. The van der Waals surface area contributed by atoms with E-state index in [0.717, 1.165) is 12.7 Å². The number of nitrogens with two attached hydrogens (primary N) is 1. The van der Waals surface area contributed by atoms with E-state index in [0.29, 0.717) is 12.0 Å². The molecule has 1 aromatic heterocycles. The predicted octanol–water partition coefficient (Wildman–Crippen LogP) is 0.410. The Hall–Kier alpha value is -1.37. The molecule has 6 nitrogen and oxygen atoms in total. The fraction of sp³-hybridized carbons (Fsp3) is 0.600. The number of nitrogens with zero attached hydrogens (tertiary/aromatic N) is 1. The number of sulfone groups is 1. The third kappa shape index (κ3) is 3.06. The van der Waals surface area contributed by atoms with E-state index in [1.807, 2.05) is 6.92 Å². The summed E-state index contributed by atoms with van der Waals surface area (Å²) in [6.45, 7) is 3.39. The lowest BCUT2D eigenvalue weighted by molar-refractivity contribution is 0.589. The number of H-pyrrole nitrogens is 1. The second-order valence-corrected chi connectivity index (χ2v) is 6.40. The molecule has 0 aliphatic rings. The van der Waals surface area contributed by atoms with Crippen molar-refractivity contribution in [2.24, 2.45) is 0 Å². The molecule has 0 aliphatic carbocycles. The summed E-state index contributed by atoms with van der Waals surface area (Å²) in [7, 11) is -3.30. The first-order chi connectivity index (χ1) is 7.77. The summed E-state index contributed by atoms with van der Waals surface area (Å²) in [5, 5.41) is -0.867. The second-order valence-electron chi connectivity index (χ2n) is 4.04. The van der Waals surface area contributed by atoms with Crippen LogP contribution < -0.4 is 11.3 Å². The summed E-state index contributed by atoms with van der Waals surface area (Å²) in [5.41, 5.74) is 5.72. The van der Waals surface area contributed by atoms with Gasteiger partial charge in [-0.2, -0.15) is 0 Å². The quantitative estimate of drug-likeness (QED) is 0.814. The number of anilines is 1. The number of aromatic nitrogens is 2. The molecule has 0 aromatic carbocycles. The molecule has 0 bridgehead atoms. The van der Waals surface area contributed by atoms with Crippen LogP contribution in [0.25, 0.3) is 0 Å². The third-order valence-corrected chi connectivity index (χ3v) is 4.10. The van der Waals surface area contributed by atoms with Gasteiger partial charge in [0.15, 0.2) is 9.84 Å². The highest BCUT2D eigenvalue weighted by Crippen LogP contribution is 2.17. The molecule has 1 aromatic rings. The summed E-state index contributed by atoms with van der Waals surface area (Å²) >= 11 is 0. The molecule has 0 saturated heterocycles. The maximum Gasteiger partial charge on any atom is 0.256 e. The van der Waals surface area contributed by atoms with Crippen molar-refractivity contribution < 1.29 is 8.42 Å². The van der Waals surface area contributed by atoms with Crippen LogP contribution in [-0.2, 0) is 16.3 Å². The zero-order valence-corrected chi connectivity index (χ0v) is 11.0. The van der Waals surface area contributed by atoms with Gasteiger partial charge in [0.2, 0.25) is 0 Å². The van der Waals surface area contributed by atoms with Gasteiger partial charge in [-0.05, 0) is 13.3 Å². The minimum Gasteiger partial charge on any atom is -0.383 e. The van der Waals surface area contributed by atoms with E-state index in [1.165, 1.54) is 6.92 Å². The van der Waals surface area contributed by atoms with Gasteiger partial charge in [-0.15, -0.1) is 0 Å². The van der Waals surface area contributed by atoms with Gasteiger partial charge in [0, 0.05) is 6.26 Å². The van der Waals surface area contributed by atoms with E-state index in [1.54, 1.807) is 0 Å². The molecule has 0 radical (unpaired) electrons. The van der Waals surface area contributed by atoms with E-state index in [4.69, 9.17) is 5.73 Å². The Kier molecular flexibility index (Phi) is 3.92.